The van der Waals surface area contributed by atoms with Crippen molar-refractivity contribution in [1.29, 1.82) is 0 Å². The van der Waals surface area contributed by atoms with Crippen LogP contribution in [0.15, 0.2) is 23.1 Å². The smallest absolute Gasteiger partial charge is 0.233 e. The van der Waals surface area contributed by atoms with Gasteiger partial charge in [-0.1, -0.05) is 0 Å². The number of benzene rings is 1. The number of hydrazine groups is 1. The van der Waals surface area contributed by atoms with Gasteiger partial charge in [0.15, 0.2) is 11.5 Å². The second kappa shape index (κ2) is 6.51. The maximum atomic E-state index is 10.9. The van der Waals surface area contributed by atoms with E-state index in [1.165, 1.54) is 0 Å². The zero-order valence-electron chi connectivity index (χ0n) is 9.98. The van der Waals surface area contributed by atoms with E-state index in [0.717, 1.165) is 28.6 Å². The van der Waals surface area contributed by atoms with Crippen molar-refractivity contribution in [3.63, 3.8) is 0 Å². The Kier molecular flexibility index (Phi) is 4.72. The Morgan fingerprint density at radius 1 is 1.33 bits per heavy atom. The standard InChI is InChI=1S/C12H16N2O3S/c13-14-12(15)2-1-7-18-9-3-4-10-11(8-9)17-6-5-16-10/h3-4,8H,1-2,5-7,13H2,(H,14,15). The van der Waals surface area contributed by atoms with Gasteiger partial charge in [-0.15, -0.1) is 11.8 Å². The summed E-state index contributed by atoms with van der Waals surface area (Å²) in [6.45, 7) is 1.20. The molecule has 1 amide bonds. The Labute approximate surface area is 110 Å². The minimum atomic E-state index is -0.127. The number of carbonyl (C=O) groups is 1. The van der Waals surface area contributed by atoms with E-state index < -0.39 is 0 Å². The number of carbonyl (C=O) groups excluding carboxylic acids is 1. The Morgan fingerprint density at radius 2 is 2.11 bits per heavy atom. The van der Waals surface area contributed by atoms with Crippen molar-refractivity contribution in [2.24, 2.45) is 5.84 Å². The quantitative estimate of drug-likeness (QED) is 0.277. The molecule has 0 bridgehead atoms. The zero-order valence-corrected chi connectivity index (χ0v) is 10.8. The molecule has 1 heterocycles. The van der Waals surface area contributed by atoms with Gasteiger partial charge in [0, 0.05) is 11.3 Å². The van der Waals surface area contributed by atoms with Gasteiger partial charge in [-0.05, 0) is 30.4 Å². The second-order valence-electron chi connectivity index (χ2n) is 3.82. The number of thioether (sulfide) groups is 1. The molecule has 0 fully saturated rings. The molecule has 1 aromatic carbocycles. The zero-order chi connectivity index (χ0) is 12.8. The Balaban J connectivity index is 1.81. The van der Waals surface area contributed by atoms with E-state index in [-0.39, 0.29) is 5.91 Å². The highest BCUT2D eigenvalue weighted by atomic mass is 32.2. The highest BCUT2D eigenvalue weighted by molar-refractivity contribution is 7.99. The lowest BCUT2D eigenvalue weighted by molar-refractivity contribution is -0.121. The summed E-state index contributed by atoms with van der Waals surface area (Å²) in [5, 5.41) is 0. The number of ether oxygens (including phenoxy) is 2. The lowest BCUT2D eigenvalue weighted by atomic mass is 10.3. The predicted octanol–water partition coefficient (Wildman–Crippen LogP) is 1.32. The van der Waals surface area contributed by atoms with E-state index in [0.29, 0.717) is 19.6 Å². The number of rotatable bonds is 5. The van der Waals surface area contributed by atoms with Crippen LogP contribution in [0.5, 0.6) is 11.5 Å². The molecule has 18 heavy (non-hydrogen) atoms. The second-order valence-corrected chi connectivity index (χ2v) is 4.99. The summed E-state index contributed by atoms with van der Waals surface area (Å²) in [6.07, 6.45) is 1.25. The Morgan fingerprint density at radius 3 is 2.89 bits per heavy atom. The third-order valence-electron chi connectivity index (χ3n) is 2.49. The van der Waals surface area contributed by atoms with E-state index in [1.54, 1.807) is 11.8 Å². The normalized spacial score (nSPS) is 13.2. The van der Waals surface area contributed by atoms with Crippen LogP contribution in [0.25, 0.3) is 0 Å². The molecular formula is C12H16N2O3S. The summed E-state index contributed by atoms with van der Waals surface area (Å²) in [6, 6.07) is 5.90. The maximum absolute atomic E-state index is 10.9. The number of amides is 1. The van der Waals surface area contributed by atoms with Gasteiger partial charge < -0.3 is 9.47 Å². The number of hydrogen-bond donors (Lipinski definition) is 2. The summed E-state index contributed by atoms with van der Waals surface area (Å²) in [5.74, 6) is 7.34. The van der Waals surface area contributed by atoms with Crippen molar-refractivity contribution < 1.29 is 14.3 Å². The molecule has 1 aliphatic rings. The van der Waals surface area contributed by atoms with Crippen molar-refractivity contribution >= 4 is 17.7 Å². The molecule has 0 unspecified atom stereocenters. The third kappa shape index (κ3) is 3.54. The van der Waals surface area contributed by atoms with Crippen LogP contribution in [0, 0.1) is 0 Å². The van der Waals surface area contributed by atoms with E-state index >= 15 is 0 Å². The van der Waals surface area contributed by atoms with Crippen LogP contribution in [0.3, 0.4) is 0 Å². The van der Waals surface area contributed by atoms with Gasteiger partial charge in [-0.3, -0.25) is 10.2 Å². The molecule has 1 aliphatic heterocycles. The molecule has 0 radical (unpaired) electrons. The first-order valence-electron chi connectivity index (χ1n) is 5.81. The molecule has 1 aromatic rings. The molecular weight excluding hydrogens is 252 g/mol. The monoisotopic (exact) mass is 268 g/mol. The Hall–Kier alpha value is -1.40. The third-order valence-corrected chi connectivity index (χ3v) is 3.57. The molecule has 98 valence electrons. The lowest BCUT2D eigenvalue weighted by Crippen LogP contribution is -2.29. The average molecular weight is 268 g/mol. The van der Waals surface area contributed by atoms with Crippen LogP contribution in [0.4, 0.5) is 0 Å². The van der Waals surface area contributed by atoms with Gasteiger partial charge in [-0.25, -0.2) is 5.84 Å². The van der Waals surface area contributed by atoms with Gasteiger partial charge in [-0.2, -0.15) is 0 Å². The fourth-order valence-electron chi connectivity index (χ4n) is 1.61. The molecule has 0 saturated carbocycles. The highest BCUT2D eigenvalue weighted by Crippen LogP contribution is 2.34. The summed E-state index contributed by atoms with van der Waals surface area (Å²) in [7, 11) is 0. The average Bonchev–Trinajstić information content (AvgIpc) is 2.43. The van der Waals surface area contributed by atoms with E-state index in [9.17, 15) is 4.79 Å². The van der Waals surface area contributed by atoms with Crippen LogP contribution >= 0.6 is 11.8 Å². The van der Waals surface area contributed by atoms with Crippen LogP contribution in [0.2, 0.25) is 0 Å². The summed E-state index contributed by atoms with van der Waals surface area (Å²) >= 11 is 1.69. The van der Waals surface area contributed by atoms with Crippen LogP contribution in [-0.2, 0) is 4.79 Å². The topological polar surface area (TPSA) is 73.6 Å². The lowest BCUT2D eigenvalue weighted by Gasteiger charge is -2.18. The van der Waals surface area contributed by atoms with Gasteiger partial charge in [0.25, 0.3) is 0 Å². The molecule has 6 heteroatoms. The minimum Gasteiger partial charge on any atom is -0.486 e. The van der Waals surface area contributed by atoms with Crippen molar-refractivity contribution in [3.8, 4) is 11.5 Å². The van der Waals surface area contributed by atoms with E-state index in [4.69, 9.17) is 15.3 Å². The summed E-state index contributed by atoms with van der Waals surface area (Å²) in [5.41, 5.74) is 2.12. The molecule has 0 saturated heterocycles. The SMILES string of the molecule is NNC(=O)CCCSc1ccc2c(c1)OCCO2. The molecule has 0 atom stereocenters. The maximum Gasteiger partial charge on any atom is 0.233 e. The first-order valence-corrected chi connectivity index (χ1v) is 6.80. The predicted molar refractivity (Wildman–Crippen MR) is 69.7 cm³/mol. The van der Waals surface area contributed by atoms with Crippen molar-refractivity contribution in [2.45, 2.75) is 17.7 Å². The van der Waals surface area contributed by atoms with E-state index in [1.807, 2.05) is 18.2 Å². The summed E-state index contributed by atoms with van der Waals surface area (Å²) < 4.78 is 11.0. The minimum absolute atomic E-state index is 0.127. The first-order chi connectivity index (χ1) is 8.79. The molecule has 0 aromatic heterocycles. The van der Waals surface area contributed by atoms with Crippen LogP contribution in [0.1, 0.15) is 12.8 Å². The van der Waals surface area contributed by atoms with Crippen LogP contribution < -0.4 is 20.7 Å². The number of hydrogen-bond acceptors (Lipinski definition) is 5. The van der Waals surface area contributed by atoms with Crippen LogP contribution in [-0.4, -0.2) is 24.9 Å². The summed E-state index contributed by atoms with van der Waals surface area (Å²) in [4.78, 5) is 12.1. The van der Waals surface area contributed by atoms with Gasteiger partial charge >= 0.3 is 0 Å². The van der Waals surface area contributed by atoms with Crippen molar-refractivity contribution in [3.05, 3.63) is 18.2 Å². The van der Waals surface area contributed by atoms with Gasteiger partial charge in [0.1, 0.15) is 13.2 Å². The molecule has 0 spiro atoms. The number of fused-ring (bicyclic) bond motifs is 1. The Bertz CT molecular complexity index is 426. The van der Waals surface area contributed by atoms with E-state index in [2.05, 4.69) is 5.43 Å². The number of nitrogens with one attached hydrogen (secondary N) is 1. The van der Waals surface area contributed by atoms with Gasteiger partial charge in [0.05, 0.1) is 0 Å². The largest absolute Gasteiger partial charge is 0.486 e. The highest BCUT2D eigenvalue weighted by Gasteiger charge is 2.11. The van der Waals surface area contributed by atoms with Crippen molar-refractivity contribution in [2.75, 3.05) is 19.0 Å². The number of nitrogens with two attached hydrogens (primary N) is 1. The fourth-order valence-corrected chi connectivity index (χ4v) is 2.49. The molecule has 2 rings (SSSR count). The first kappa shape index (κ1) is 13.0. The molecule has 5 nitrogen and oxygen atoms in total. The van der Waals surface area contributed by atoms with Crippen molar-refractivity contribution in [1.82, 2.24) is 5.43 Å². The molecule has 0 aliphatic carbocycles. The fraction of sp³-hybridized carbons (Fsp3) is 0.417. The molecule has 3 N–H and O–H groups in total. The van der Waals surface area contributed by atoms with Gasteiger partial charge in [0.2, 0.25) is 5.91 Å².